The first-order chi connectivity index (χ1) is 11.9. The first kappa shape index (κ1) is 18.4. The molecule has 0 fully saturated rings. The van der Waals surface area contributed by atoms with Gasteiger partial charge in [-0.15, -0.1) is 13.2 Å². The number of rotatable bonds is 7. The molecule has 1 aromatic carbocycles. The fourth-order valence-electron chi connectivity index (χ4n) is 2.47. The van der Waals surface area contributed by atoms with Crippen molar-refractivity contribution in [2.24, 2.45) is 0 Å². The van der Waals surface area contributed by atoms with E-state index in [-0.39, 0.29) is 17.7 Å². The van der Waals surface area contributed by atoms with Gasteiger partial charge in [-0.05, 0) is 30.7 Å². The van der Waals surface area contributed by atoms with Crippen LogP contribution in [-0.4, -0.2) is 16.7 Å². The van der Waals surface area contributed by atoms with Gasteiger partial charge in [0.05, 0.1) is 18.5 Å². The number of hydrogen-bond donors (Lipinski definition) is 1. The lowest BCUT2D eigenvalue weighted by molar-refractivity contribution is -0.00689. The second-order valence-corrected chi connectivity index (χ2v) is 5.31. The average molecular weight is 348 g/mol. The minimum absolute atomic E-state index is 0.103. The third-order valence-corrected chi connectivity index (χ3v) is 3.64. The Bertz CT molecular complexity index is 896. The summed E-state index contributed by atoms with van der Waals surface area (Å²) in [4.78, 5) is 27.2. The molecule has 0 spiro atoms. The van der Waals surface area contributed by atoms with Crippen LogP contribution >= 0.6 is 0 Å². The summed E-state index contributed by atoms with van der Waals surface area (Å²) >= 11 is 0. The van der Waals surface area contributed by atoms with Crippen LogP contribution in [0.15, 0.2) is 59.2 Å². The number of H-pyrrole nitrogens is 1. The highest BCUT2D eigenvalue weighted by Crippen LogP contribution is 2.31. The van der Waals surface area contributed by atoms with Crippen molar-refractivity contribution in [3.05, 3.63) is 81.7 Å². The Balaban J connectivity index is 2.73. The standard InChI is InChI=1S/C18H18F2N2O3/c1-4-6-14-15(18(19,20)11-5-2)21-17(24)22(16(14)23)12-7-9-13(25-3)10-8-12/h4-5,7-10H,1-2,6,11H2,3H3,(H,21,24). The zero-order chi connectivity index (χ0) is 18.6. The Labute approximate surface area is 142 Å². The molecule has 0 unspecified atom stereocenters. The van der Waals surface area contributed by atoms with Crippen molar-refractivity contribution in [2.45, 2.75) is 18.8 Å². The van der Waals surface area contributed by atoms with Crippen LogP contribution in [0.5, 0.6) is 5.75 Å². The van der Waals surface area contributed by atoms with Crippen molar-refractivity contribution in [1.29, 1.82) is 0 Å². The zero-order valence-corrected chi connectivity index (χ0v) is 13.7. The maximum Gasteiger partial charge on any atom is 0.333 e. The lowest BCUT2D eigenvalue weighted by Crippen LogP contribution is -2.39. The summed E-state index contributed by atoms with van der Waals surface area (Å²) in [6.07, 6.45) is 1.57. The van der Waals surface area contributed by atoms with Crippen LogP contribution in [0.25, 0.3) is 5.69 Å². The van der Waals surface area contributed by atoms with Crippen LogP contribution in [0, 0.1) is 0 Å². The lowest BCUT2D eigenvalue weighted by atomic mass is 10.0. The van der Waals surface area contributed by atoms with Crippen molar-refractivity contribution in [2.75, 3.05) is 7.11 Å². The number of alkyl halides is 2. The Morgan fingerprint density at radius 2 is 1.84 bits per heavy atom. The van der Waals surface area contributed by atoms with E-state index in [9.17, 15) is 18.4 Å². The van der Waals surface area contributed by atoms with E-state index in [1.165, 1.54) is 25.3 Å². The van der Waals surface area contributed by atoms with Crippen molar-refractivity contribution in [3.63, 3.8) is 0 Å². The van der Waals surface area contributed by atoms with Crippen molar-refractivity contribution in [3.8, 4) is 11.4 Å². The molecule has 2 aromatic rings. The molecule has 0 aliphatic heterocycles. The molecule has 5 nitrogen and oxygen atoms in total. The molecule has 0 bridgehead atoms. The van der Waals surface area contributed by atoms with Crippen LogP contribution in [0.3, 0.4) is 0 Å². The van der Waals surface area contributed by atoms with Gasteiger partial charge in [0.1, 0.15) is 5.75 Å². The number of aromatic nitrogens is 2. The fraction of sp³-hybridized carbons (Fsp3) is 0.222. The third kappa shape index (κ3) is 3.60. The molecular weight excluding hydrogens is 330 g/mol. The second-order valence-electron chi connectivity index (χ2n) is 5.31. The van der Waals surface area contributed by atoms with Gasteiger partial charge < -0.3 is 9.72 Å². The molecule has 0 saturated heterocycles. The SMILES string of the molecule is C=CCc1c(C(F)(F)CC=C)[nH]c(=O)n(-c2ccc(OC)cc2)c1=O. The van der Waals surface area contributed by atoms with Gasteiger partial charge >= 0.3 is 5.69 Å². The molecule has 25 heavy (non-hydrogen) atoms. The monoisotopic (exact) mass is 348 g/mol. The Kier molecular flexibility index (Phi) is 5.36. The molecule has 0 amide bonds. The van der Waals surface area contributed by atoms with Gasteiger partial charge in [-0.2, -0.15) is 8.78 Å². The van der Waals surface area contributed by atoms with Crippen LogP contribution in [0.2, 0.25) is 0 Å². The molecule has 0 aliphatic carbocycles. The van der Waals surface area contributed by atoms with Gasteiger partial charge in [0, 0.05) is 12.0 Å². The van der Waals surface area contributed by atoms with E-state index in [0.29, 0.717) is 5.75 Å². The molecule has 1 heterocycles. The minimum Gasteiger partial charge on any atom is -0.497 e. The summed E-state index contributed by atoms with van der Waals surface area (Å²) < 4.78 is 34.4. The van der Waals surface area contributed by atoms with Gasteiger partial charge in [-0.1, -0.05) is 12.2 Å². The molecule has 1 aromatic heterocycles. The molecule has 0 saturated carbocycles. The molecule has 132 valence electrons. The zero-order valence-electron chi connectivity index (χ0n) is 13.7. The van der Waals surface area contributed by atoms with Gasteiger partial charge in [0.15, 0.2) is 0 Å². The summed E-state index contributed by atoms with van der Waals surface area (Å²) in [6.45, 7) is 6.78. The smallest absolute Gasteiger partial charge is 0.333 e. The average Bonchev–Trinajstić information content (AvgIpc) is 2.57. The predicted octanol–water partition coefficient (Wildman–Crippen LogP) is 2.93. The van der Waals surface area contributed by atoms with E-state index in [4.69, 9.17) is 4.74 Å². The van der Waals surface area contributed by atoms with Gasteiger partial charge in [0.2, 0.25) is 0 Å². The van der Waals surface area contributed by atoms with E-state index in [0.717, 1.165) is 10.6 Å². The van der Waals surface area contributed by atoms with Gasteiger partial charge in [0.25, 0.3) is 11.5 Å². The van der Waals surface area contributed by atoms with Crippen molar-refractivity contribution >= 4 is 0 Å². The number of hydrogen-bond acceptors (Lipinski definition) is 3. The lowest BCUT2D eigenvalue weighted by Gasteiger charge is -2.18. The molecule has 0 atom stereocenters. The van der Waals surface area contributed by atoms with Gasteiger partial charge in [-0.25, -0.2) is 9.36 Å². The number of ether oxygens (including phenoxy) is 1. The van der Waals surface area contributed by atoms with E-state index >= 15 is 0 Å². The van der Waals surface area contributed by atoms with E-state index in [1.54, 1.807) is 12.1 Å². The number of allylic oxidation sites excluding steroid dienone is 2. The minimum atomic E-state index is -3.41. The van der Waals surface area contributed by atoms with E-state index < -0.39 is 29.3 Å². The molecule has 0 radical (unpaired) electrons. The molecule has 0 aliphatic rings. The highest BCUT2D eigenvalue weighted by molar-refractivity contribution is 5.38. The fourth-order valence-corrected chi connectivity index (χ4v) is 2.47. The summed E-state index contributed by atoms with van der Waals surface area (Å²) in [5, 5.41) is 0. The number of benzene rings is 1. The van der Waals surface area contributed by atoms with Crippen LogP contribution in [0.4, 0.5) is 8.78 Å². The number of nitrogens with one attached hydrogen (secondary N) is 1. The molecule has 2 rings (SSSR count). The Morgan fingerprint density at radius 3 is 2.36 bits per heavy atom. The van der Waals surface area contributed by atoms with Crippen LogP contribution in [-0.2, 0) is 12.3 Å². The summed E-state index contributed by atoms with van der Waals surface area (Å²) in [5.74, 6) is -2.87. The van der Waals surface area contributed by atoms with Crippen LogP contribution in [0.1, 0.15) is 17.7 Å². The first-order valence-corrected chi connectivity index (χ1v) is 7.48. The summed E-state index contributed by atoms with van der Waals surface area (Å²) in [7, 11) is 1.48. The number of halogens is 2. The van der Waals surface area contributed by atoms with Crippen molar-refractivity contribution in [1.82, 2.24) is 9.55 Å². The highest BCUT2D eigenvalue weighted by atomic mass is 19.3. The second kappa shape index (κ2) is 7.29. The van der Waals surface area contributed by atoms with Crippen LogP contribution < -0.4 is 16.0 Å². The number of methoxy groups -OCH3 is 1. The summed E-state index contributed by atoms with van der Waals surface area (Å²) in [5.41, 5.74) is -2.42. The Hall–Kier alpha value is -2.96. The largest absolute Gasteiger partial charge is 0.497 e. The van der Waals surface area contributed by atoms with Gasteiger partial charge in [-0.3, -0.25) is 4.79 Å². The molecule has 7 heteroatoms. The highest BCUT2D eigenvalue weighted by Gasteiger charge is 2.35. The maximum atomic E-state index is 14.3. The van der Waals surface area contributed by atoms with Crippen molar-refractivity contribution < 1.29 is 13.5 Å². The first-order valence-electron chi connectivity index (χ1n) is 7.48. The maximum absolute atomic E-state index is 14.3. The summed E-state index contributed by atoms with van der Waals surface area (Å²) in [6, 6.07) is 6.12. The third-order valence-electron chi connectivity index (χ3n) is 3.64. The molecular formula is C18H18F2N2O3. The number of aromatic amines is 1. The topological polar surface area (TPSA) is 64.1 Å². The molecule has 1 N–H and O–H groups in total. The van der Waals surface area contributed by atoms with E-state index in [1.807, 2.05) is 0 Å². The number of nitrogens with zero attached hydrogens (tertiary/aromatic N) is 1. The van der Waals surface area contributed by atoms with E-state index in [2.05, 4.69) is 18.1 Å². The normalized spacial score (nSPS) is 11.2. The quantitative estimate of drug-likeness (QED) is 0.783. The predicted molar refractivity (Wildman–Crippen MR) is 91.8 cm³/mol. The Morgan fingerprint density at radius 1 is 1.20 bits per heavy atom.